The normalized spacial score (nSPS) is 10.7. The van der Waals surface area contributed by atoms with Crippen molar-refractivity contribution in [2.75, 3.05) is 13.2 Å². The van der Waals surface area contributed by atoms with Crippen molar-refractivity contribution in [3.05, 3.63) is 23.8 Å². The zero-order valence-electron chi connectivity index (χ0n) is 16.0. The lowest BCUT2D eigenvalue weighted by Crippen LogP contribution is -2.10. The molecule has 0 fully saturated rings. The van der Waals surface area contributed by atoms with Crippen molar-refractivity contribution < 1.29 is 24.5 Å². The maximum atomic E-state index is 11.5. The summed E-state index contributed by atoms with van der Waals surface area (Å²) in [5, 5.41) is 18.6. The van der Waals surface area contributed by atoms with Gasteiger partial charge in [-0.1, -0.05) is 70.8 Å². The van der Waals surface area contributed by atoms with Crippen LogP contribution in [0.4, 0.5) is 4.79 Å². The van der Waals surface area contributed by atoms with Crippen LogP contribution in [0.1, 0.15) is 76.7 Å². The highest BCUT2D eigenvalue weighted by molar-refractivity contribution is 5.59. The molecule has 0 radical (unpaired) electrons. The van der Waals surface area contributed by atoms with E-state index in [2.05, 4.69) is 6.92 Å². The van der Waals surface area contributed by atoms with Crippen LogP contribution < -0.4 is 0 Å². The minimum atomic E-state index is -0.649. The second-order valence-electron chi connectivity index (χ2n) is 6.70. The molecule has 0 heterocycles. The second kappa shape index (κ2) is 14.3. The number of phenolic OH excluding ortho intramolecular Hbond substituents is 2. The minimum Gasteiger partial charge on any atom is -0.504 e. The van der Waals surface area contributed by atoms with Crippen LogP contribution in [0.15, 0.2) is 18.2 Å². The highest BCUT2D eigenvalue weighted by Crippen LogP contribution is 2.24. The van der Waals surface area contributed by atoms with Crippen molar-refractivity contribution in [3.63, 3.8) is 0 Å². The van der Waals surface area contributed by atoms with Crippen molar-refractivity contribution in [1.82, 2.24) is 0 Å². The molecule has 2 N–H and O–H groups in total. The van der Waals surface area contributed by atoms with Gasteiger partial charge >= 0.3 is 6.16 Å². The maximum Gasteiger partial charge on any atom is 0.508 e. The van der Waals surface area contributed by atoms with Crippen LogP contribution in [-0.4, -0.2) is 29.6 Å². The summed E-state index contributed by atoms with van der Waals surface area (Å²) in [4.78, 5) is 11.5. The lowest BCUT2D eigenvalue weighted by Gasteiger charge is -2.07. The number of ether oxygens (including phenoxy) is 2. The Morgan fingerprint density at radius 1 is 0.808 bits per heavy atom. The quantitative estimate of drug-likeness (QED) is 0.250. The van der Waals surface area contributed by atoms with E-state index in [-0.39, 0.29) is 18.1 Å². The first kappa shape index (κ1) is 22.1. The van der Waals surface area contributed by atoms with E-state index in [1.807, 2.05) is 0 Å². The Bertz CT molecular complexity index is 501. The summed E-state index contributed by atoms with van der Waals surface area (Å²) in [7, 11) is 0. The molecular weight excluding hydrogens is 332 g/mol. The van der Waals surface area contributed by atoms with Gasteiger partial charge in [-0.15, -0.1) is 0 Å². The van der Waals surface area contributed by atoms with E-state index >= 15 is 0 Å². The molecular formula is C21H34O5. The summed E-state index contributed by atoms with van der Waals surface area (Å²) in [6, 6.07) is 4.54. The summed E-state index contributed by atoms with van der Waals surface area (Å²) in [5.74, 6) is -0.336. The Morgan fingerprint density at radius 3 is 2.00 bits per heavy atom. The van der Waals surface area contributed by atoms with Gasteiger partial charge in [-0.25, -0.2) is 4.79 Å². The molecule has 1 aromatic carbocycles. The van der Waals surface area contributed by atoms with Crippen LogP contribution >= 0.6 is 0 Å². The van der Waals surface area contributed by atoms with Gasteiger partial charge in [-0.2, -0.15) is 0 Å². The molecule has 26 heavy (non-hydrogen) atoms. The van der Waals surface area contributed by atoms with Gasteiger partial charge in [-0.05, 0) is 24.1 Å². The van der Waals surface area contributed by atoms with Crippen LogP contribution in [0, 0.1) is 0 Å². The van der Waals surface area contributed by atoms with Crippen molar-refractivity contribution in [1.29, 1.82) is 0 Å². The zero-order valence-corrected chi connectivity index (χ0v) is 16.0. The SMILES string of the molecule is CCCCCCCCCCCCOC(=O)OCCc1ccc(O)c(O)c1. The summed E-state index contributed by atoms with van der Waals surface area (Å²) in [6.45, 7) is 2.82. The number of phenols is 2. The first-order chi connectivity index (χ1) is 12.6. The monoisotopic (exact) mass is 366 g/mol. The number of benzene rings is 1. The van der Waals surface area contributed by atoms with Crippen LogP contribution in [0.3, 0.4) is 0 Å². The van der Waals surface area contributed by atoms with Gasteiger partial charge in [0.1, 0.15) is 0 Å². The van der Waals surface area contributed by atoms with E-state index in [4.69, 9.17) is 9.47 Å². The average Bonchev–Trinajstić information content (AvgIpc) is 2.62. The molecule has 0 aliphatic heterocycles. The van der Waals surface area contributed by atoms with Crippen LogP contribution in [-0.2, 0) is 15.9 Å². The molecule has 148 valence electrons. The lowest BCUT2D eigenvalue weighted by atomic mass is 10.1. The van der Waals surface area contributed by atoms with E-state index in [0.717, 1.165) is 18.4 Å². The van der Waals surface area contributed by atoms with Crippen molar-refractivity contribution in [2.45, 2.75) is 77.6 Å². The number of carbonyl (C=O) groups is 1. The van der Waals surface area contributed by atoms with Crippen LogP contribution in [0.5, 0.6) is 11.5 Å². The number of hydrogen-bond acceptors (Lipinski definition) is 5. The molecule has 0 amide bonds. The fourth-order valence-electron chi connectivity index (χ4n) is 2.76. The van der Waals surface area contributed by atoms with E-state index < -0.39 is 6.16 Å². The molecule has 0 saturated heterocycles. The van der Waals surface area contributed by atoms with E-state index in [1.165, 1.54) is 63.5 Å². The third-order valence-corrected chi connectivity index (χ3v) is 4.37. The number of rotatable bonds is 14. The second-order valence-corrected chi connectivity index (χ2v) is 6.70. The predicted molar refractivity (Wildman–Crippen MR) is 103 cm³/mol. The number of hydrogen-bond donors (Lipinski definition) is 2. The fourth-order valence-corrected chi connectivity index (χ4v) is 2.76. The molecule has 0 bridgehead atoms. The summed E-state index contributed by atoms with van der Waals surface area (Å²) >= 11 is 0. The fraction of sp³-hybridized carbons (Fsp3) is 0.667. The van der Waals surface area contributed by atoms with Gasteiger partial charge in [-0.3, -0.25) is 0 Å². The third-order valence-electron chi connectivity index (χ3n) is 4.37. The number of aromatic hydroxyl groups is 2. The Balaban J connectivity index is 1.91. The minimum absolute atomic E-state index is 0.162. The molecule has 0 saturated carbocycles. The summed E-state index contributed by atoms with van der Waals surface area (Å²) < 4.78 is 10.0. The number of carbonyl (C=O) groups excluding carboxylic acids is 1. The van der Waals surface area contributed by atoms with Crippen LogP contribution in [0.2, 0.25) is 0 Å². The molecule has 1 rings (SSSR count). The Labute approximate surface area is 157 Å². The third kappa shape index (κ3) is 10.9. The largest absolute Gasteiger partial charge is 0.508 e. The highest BCUT2D eigenvalue weighted by atomic mass is 16.7. The Kier molecular flexibility index (Phi) is 12.2. The van der Waals surface area contributed by atoms with E-state index in [9.17, 15) is 15.0 Å². The molecule has 0 atom stereocenters. The molecule has 0 aliphatic carbocycles. The van der Waals surface area contributed by atoms with Gasteiger partial charge in [0.2, 0.25) is 0 Å². The number of unbranched alkanes of at least 4 members (excludes halogenated alkanes) is 9. The molecule has 0 aliphatic rings. The van der Waals surface area contributed by atoms with Crippen LogP contribution in [0.25, 0.3) is 0 Å². The molecule has 5 heteroatoms. The Hall–Kier alpha value is -1.91. The van der Waals surface area contributed by atoms with Gasteiger partial charge in [0.05, 0.1) is 13.2 Å². The van der Waals surface area contributed by atoms with E-state index in [1.54, 1.807) is 6.07 Å². The van der Waals surface area contributed by atoms with Gasteiger partial charge in [0, 0.05) is 6.42 Å². The predicted octanol–water partition coefficient (Wildman–Crippen LogP) is 5.71. The summed E-state index contributed by atoms with van der Waals surface area (Å²) in [6.07, 6.45) is 12.2. The van der Waals surface area contributed by atoms with E-state index in [0.29, 0.717) is 13.0 Å². The smallest absolute Gasteiger partial charge is 0.504 e. The molecule has 5 nitrogen and oxygen atoms in total. The van der Waals surface area contributed by atoms with Gasteiger partial charge < -0.3 is 19.7 Å². The standard InChI is InChI=1S/C21H34O5/c1-2-3-4-5-6-7-8-9-10-11-15-25-21(24)26-16-14-18-12-13-19(22)20(23)17-18/h12-13,17,22-23H,2-11,14-16H2,1H3. The lowest BCUT2D eigenvalue weighted by molar-refractivity contribution is 0.0548. The topological polar surface area (TPSA) is 76.0 Å². The van der Waals surface area contributed by atoms with Crippen molar-refractivity contribution in [3.8, 4) is 11.5 Å². The molecule has 0 spiro atoms. The Morgan fingerprint density at radius 2 is 1.38 bits per heavy atom. The maximum absolute atomic E-state index is 11.5. The summed E-state index contributed by atoms with van der Waals surface area (Å²) in [5.41, 5.74) is 0.780. The van der Waals surface area contributed by atoms with Gasteiger partial charge in [0.15, 0.2) is 11.5 Å². The molecule has 0 aromatic heterocycles. The van der Waals surface area contributed by atoms with Crippen molar-refractivity contribution in [2.24, 2.45) is 0 Å². The molecule has 0 unspecified atom stereocenters. The first-order valence-corrected chi connectivity index (χ1v) is 9.94. The first-order valence-electron chi connectivity index (χ1n) is 9.94. The van der Waals surface area contributed by atoms with Gasteiger partial charge in [0.25, 0.3) is 0 Å². The van der Waals surface area contributed by atoms with Crippen molar-refractivity contribution >= 4 is 6.16 Å². The molecule has 1 aromatic rings. The highest BCUT2D eigenvalue weighted by Gasteiger charge is 2.05. The average molecular weight is 366 g/mol. The zero-order chi connectivity index (χ0) is 19.0.